The molecular formula is C17H27N7O8. The van der Waals surface area contributed by atoms with Crippen LogP contribution in [0.25, 0.3) is 0 Å². The van der Waals surface area contributed by atoms with Gasteiger partial charge in [-0.2, -0.15) is 4.98 Å². The largest absolute Gasteiger partial charge is 0.478 e. The Hall–Kier alpha value is -3.27. The van der Waals surface area contributed by atoms with Gasteiger partial charge in [0.15, 0.2) is 11.5 Å². The molecule has 0 radical (unpaired) electrons. The van der Waals surface area contributed by atoms with E-state index in [4.69, 9.17) is 16.6 Å². The highest BCUT2D eigenvalue weighted by Gasteiger charge is 2.40. The van der Waals surface area contributed by atoms with Crippen LogP contribution >= 0.6 is 0 Å². The van der Waals surface area contributed by atoms with Crippen molar-refractivity contribution in [2.24, 2.45) is 5.73 Å². The maximum atomic E-state index is 13.0. The number of amides is 2. The molecule has 2 heterocycles. The number of anilines is 3. The van der Waals surface area contributed by atoms with E-state index in [9.17, 15) is 34.5 Å². The number of rotatable bonds is 8. The van der Waals surface area contributed by atoms with E-state index in [-0.39, 0.29) is 30.4 Å². The third-order valence-corrected chi connectivity index (χ3v) is 4.91. The number of carboxylic acid groups (broad SMARTS) is 1. The smallest absolute Gasteiger partial charge is 0.356 e. The van der Waals surface area contributed by atoms with Gasteiger partial charge in [0.25, 0.3) is 5.56 Å². The number of nitrogens with two attached hydrogens (primary N) is 2. The van der Waals surface area contributed by atoms with Crippen LogP contribution in [0.4, 0.5) is 17.5 Å². The van der Waals surface area contributed by atoms with Gasteiger partial charge >= 0.3 is 5.97 Å². The van der Waals surface area contributed by atoms with Gasteiger partial charge in [0.05, 0.1) is 18.2 Å². The fourth-order valence-corrected chi connectivity index (χ4v) is 3.11. The van der Waals surface area contributed by atoms with E-state index < -0.39 is 59.8 Å². The lowest BCUT2D eigenvalue weighted by atomic mass is 10.0. The summed E-state index contributed by atoms with van der Waals surface area (Å²) in [6, 6.07) is -2.42. The normalized spacial score (nSPS) is 20.2. The number of aromatic nitrogens is 2. The highest BCUT2D eigenvalue weighted by Crippen LogP contribution is 2.29. The molecule has 0 saturated carbocycles. The fourth-order valence-electron chi connectivity index (χ4n) is 3.11. The molecule has 5 atom stereocenters. The molecule has 1 aliphatic rings. The monoisotopic (exact) mass is 457 g/mol. The number of nitrogens with zero attached hydrogens (tertiary/aromatic N) is 2. The number of aliphatic carboxylic acids is 1. The van der Waals surface area contributed by atoms with Gasteiger partial charge in [0, 0.05) is 13.0 Å². The molecule has 15 nitrogen and oxygen atoms in total. The van der Waals surface area contributed by atoms with E-state index in [0.717, 1.165) is 11.8 Å². The number of nitrogens with one attached hydrogen (secondary N) is 3. The van der Waals surface area contributed by atoms with Crippen molar-refractivity contribution in [2.75, 3.05) is 22.5 Å². The number of carbonyl (C=O) groups excluding carboxylic acids is 2. The van der Waals surface area contributed by atoms with E-state index in [0.29, 0.717) is 0 Å². The Morgan fingerprint density at radius 3 is 2.56 bits per heavy atom. The van der Waals surface area contributed by atoms with Crippen LogP contribution in [0.5, 0.6) is 0 Å². The van der Waals surface area contributed by atoms with Gasteiger partial charge in [-0.05, 0) is 20.3 Å². The van der Waals surface area contributed by atoms with Crippen molar-refractivity contribution in [1.82, 2.24) is 15.3 Å². The fraction of sp³-hybridized carbons (Fsp3) is 0.588. The van der Waals surface area contributed by atoms with Crippen molar-refractivity contribution in [3.63, 3.8) is 0 Å². The van der Waals surface area contributed by atoms with Gasteiger partial charge in [-0.25, -0.2) is 4.79 Å². The number of fused-ring (bicyclic) bond motifs is 1. The average Bonchev–Trinajstić information content (AvgIpc) is 2.69. The van der Waals surface area contributed by atoms with Crippen molar-refractivity contribution in [3.8, 4) is 0 Å². The lowest BCUT2D eigenvalue weighted by Gasteiger charge is -2.39. The number of hydrogen-bond acceptors (Lipinski definition) is 11. The van der Waals surface area contributed by atoms with E-state index >= 15 is 0 Å². The van der Waals surface area contributed by atoms with Gasteiger partial charge in [0.1, 0.15) is 6.10 Å². The quantitative estimate of drug-likeness (QED) is 0.170. The summed E-state index contributed by atoms with van der Waals surface area (Å²) in [6.07, 6.45) is -3.35. The molecule has 15 heteroatoms. The van der Waals surface area contributed by atoms with Crippen molar-refractivity contribution in [2.45, 2.75) is 56.7 Å². The molecule has 0 saturated heterocycles. The summed E-state index contributed by atoms with van der Waals surface area (Å²) in [5, 5.41) is 43.3. The summed E-state index contributed by atoms with van der Waals surface area (Å²) < 4.78 is 0. The van der Waals surface area contributed by atoms with Crippen molar-refractivity contribution < 1.29 is 34.8 Å². The third-order valence-electron chi connectivity index (χ3n) is 4.91. The minimum atomic E-state index is -2.55. The molecule has 0 spiro atoms. The summed E-state index contributed by atoms with van der Waals surface area (Å²) >= 11 is 0. The molecule has 0 aliphatic carbocycles. The van der Waals surface area contributed by atoms with Gasteiger partial charge in [0.2, 0.25) is 23.5 Å². The molecule has 0 unspecified atom stereocenters. The minimum Gasteiger partial charge on any atom is -0.478 e. The molecule has 2 amide bonds. The Morgan fingerprint density at radius 2 is 2.00 bits per heavy atom. The van der Waals surface area contributed by atoms with Crippen LogP contribution in [0.1, 0.15) is 26.7 Å². The molecule has 2 rings (SSSR count). The van der Waals surface area contributed by atoms with Gasteiger partial charge in [-0.15, -0.1) is 0 Å². The minimum absolute atomic E-state index is 0.00631. The maximum absolute atomic E-state index is 13.0. The summed E-state index contributed by atoms with van der Waals surface area (Å²) in [5.41, 5.74) is 7.68. The van der Waals surface area contributed by atoms with E-state index in [2.05, 4.69) is 15.3 Å². The zero-order valence-corrected chi connectivity index (χ0v) is 17.4. The third kappa shape index (κ3) is 5.31. The van der Waals surface area contributed by atoms with Gasteiger partial charge in [-0.3, -0.25) is 24.3 Å². The molecule has 0 bridgehead atoms. The number of aliphatic hydroxyl groups is 3. The predicted octanol–water partition coefficient (Wildman–Crippen LogP) is -3.76. The lowest BCUT2D eigenvalue weighted by Crippen LogP contribution is -2.58. The first-order valence-corrected chi connectivity index (χ1v) is 9.61. The first-order chi connectivity index (χ1) is 14.8. The summed E-state index contributed by atoms with van der Waals surface area (Å²) in [4.78, 5) is 55.6. The molecule has 1 aromatic rings. The first-order valence-electron chi connectivity index (χ1n) is 9.61. The second-order valence-corrected chi connectivity index (χ2v) is 7.60. The number of H-pyrrole nitrogens is 1. The topological polar surface area (TPSA) is 257 Å². The maximum Gasteiger partial charge on any atom is 0.356 e. The Balaban J connectivity index is 2.24. The van der Waals surface area contributed by atoms with Crippen molar-refractivity contribution in [1.29, 1.82) is 0 Å². The lowest BCUT2D eigenvalue weighted by molar-refractivity contribution is -0.163. The Bertz CT molecular complexity index is 947. The van der Waals surface area contributed by atoms with Gasteiger partial charge < -0.3 is 42.5 Å². The number of hydrogen-bond donors (Lipinski definition) is 9. The number of nitrogen functional groups attached to an aromatic ring is 1. The van der Waals surface area contributed by atoms with Crippen LogP contribution in [-0.4, -0.2) is 84.7 Å². The number of aliphatic hydroxyl groups excluding tert-OH is 2. The second kappa shape index (κ2) is 9.47. The predicted molar refractivity (Wildman–Crippen MR) is 110 cm³/mol. The van der Waals surface area contributed by atoms with Crippen LogP contribution < -0.4 is 32.6 Å². The van der Waals surface area contributed by atoms with Gasteiger partial charge in [-0.1, -0.05) is 0 Å². The zero-order chi connectivity index (χ0) is 24.4. The van der Waals surface area contributed by atoms with E-state index in [1.165, 1.54) is 6.92 Å². The molecule has 1 aliphatic heterocycles. The number of carboxylic acids is 1. The zero-order valence-electron chi connectivity index (χ0n) is 17.4. The molecule has 178 valence electrons. The summed E-state index contributed by atoms with van der Waals surface area (Å²) in [7, 11) is 0. The number of aromatic amines is 1. The SMILES string of the molecule is C[C@H](O)[C@H](O)[C@H]1CNc2nc(N)[nH]c(=O)c2N1C(=O)CC[C@@H](N)C(=O)N[C@](C)(O)C(=O)O. The standard InChI is InChI=1S/C17H27N7O8/c1-6(25)11(27)8-5-20-12-10(14(29)22-16(19)21-12)24(8)9(26)4-3-7(18)13(28)23-17(2,32)15(30)31/h6-8,11,25,27,32H,3-5,18H2,1-2H3,(H,23,28)(H,30,31)(H4,19,20,21,22,29)/t6-,7+,8+,11-,17+/m0/s1. The Kier molecular flexibility index (Phi) is 7.40. The molecule has 0 aromatic carbocycles. The van der Waals surface area contributed by atoms with Crippen molar-refractivity contribution in [3.05, 3.63) is 10.4 Å². The van der Waals surface area contributed by atoms with Crippen molar-refractivity contribution >= 4 is 35.2 Å². The average molecular weight is 457 g/mol. The molecule has 32 heavy (non-hydrogen) atoms. The second-order valence-electron chi connectivity index (χ2n) is 7.60. The number of carbonyl (C=O) groups is 3. The first kappa shape index (κ1) is 25.0. The Labute approximate surface area is 181 Å². The highest BCUT2D eigenvalue weighted by molar-refractivity contribution is 5.98. The van der Waals surface area contributed by atoms with Crippen LogP contribution in [0.3, 0.4) is 0 Å². The molecular weight excluding hydrogens is 430 g/mol. The summed E-state index contributed by atoms with van der Waals surface area (Å²) in [6.45, 7) is 2.09. The van der Waals surface area contributed by atoms with Crippen LogP contribution in [0.15, 0.2) is 4.79 Å². The van der Waals surface area contributed by atoms with Crippen LogP contribution in [-0.2, 0) is 14.4 Å². The Morgan fingerprint density at radius 1 is 1.38 bits per heavy atom. The molecule has 11 N–H and O–H groups in total. The summed E-state index contributed by atoms with van der Waals surface area (Å²) in [5.74, 6) is -3.64. The van der Waals surface area contributed by atoms with Crippen LogP contribution in [0.2, 0.25) is 0 Å². The molecule has 1 aromatic heterocycles. The molecule has 0 fully saturated rings. The highest BCUT2D eigenvalue weighted by atomic mass is 16.4. The van der Waals surface area contributed by atoms with Crippen LogP contribution in [0, 0.1) is 0 Å². The van der Waals surface area contributed by atoms with E-state index in [1.807, 2.05) is 5.32 Å². The van der Waals surface area contributed by atoms with E-state index in [1.54, 1.807) is 0 Å².